The van der Waals surface area contributed by atoms with Gasteiger partial charge in [0.2, 0.25) is 5.91 Å². The fourth-order valence-corrected chi connectivity index (χ4v) is 4.33. The van der Waals surface area contributed by atoms with Crippen LogP contribution in [-0.2, 0) is 4.79 Å². The summed E-state index contributed by atoms with van der Waals surface area (Å²) in [6, 6.07) is 3.15. The number of hydrogen-bond donors (Lipinski definition) is 2. The highest BCUT2D eigenvalue weighted by molar-refractivity contribution is 7.20. The number of carboxylic acids is 1. The summed E-state index contributed by atoms with van der Waals surface area (Å²) >= 11 is 0.958. The van der Waals surface area contributed by atoms with Crippen molar-refractivity contribution in [3.63, 3.8) is 0 Å². The van der Waals surface area contributed by atoms with Crippen LogP contribution >= 0.6 is 11.3 Å². The van der Waals surface area contributed by atoms with Crippen molar-refractivity contribution in [2.24, 2.45) is 0 Å². The van der Waals surface area contributed by atoms with Crippen molar-refractivity contribution in [2.45, 2.75) is 40.7 Å². The Bertz CT molecular complexity index is 1150. The highest BCUT2D eigenvalue weighted by Crippen LogP contribution is 2.27. The lowest BCUT2D eigenvalue weighted by atomic mass is 10.0. The molecule has 3 aromatic rings. The van der Waals surface area contributed by atoms with Crippen LogP contribution in [0.4, 0.5) is 5.69 Å². The molecule has 0 saturated carbocycles. The van der Waals surface area contributed by atoms with Gasteiger partial charge in [-0.25, -0.2) is 9.78 Å². The molecule has 0 spiro atoms. The van der Waals surface area contributed by atoms with Crippen molar-refractivity contribution < 1.29 is 14.7 Å². The summed E-state index contributed by atoms with van der Waals surface area (Å²) in [6.07, 6.45) is 1.30. The molecule has 1 aromatic carbocycles. The van der Waals surface area contributed by atoms with Crippen molar-refractivity contribution in [1.82, 2.24) is 9.55 Å². The maximum absolute atomic E-state index is 12.9. The molecule has 7 nitrogen and oxygen atoms in total. The van der Waals surface area contributed by atoms with E-state index in [1.54, 1.807) is 13.8 Å². The first-order chi connectivity index (χ1) is 13.1. The first-order valence-corrected chi connectivity index (χ1v) is 9.55. The molecule has 0 aliphatic heterocycles. The van der Waals surface area contributed by atoms with Crippen LogP contribution in [0, 0.1) is 27.7 Å². The first-order valence-electron chi connectivity index (χ1n) is 8.74. The maximum Gasteiger partial charge on any atom is 0.346 e. The molecule has 0 bridgehead atoms. The van der Waals surface area contributed by atoms with Crippen LogP contribution in [0.3, 0.4) is 0 Å². The van der Waals surface area contributed by atoms with E-state index >= 15 is 0 Å². The molecule has 146 valence electrons. The number of benzene rings is 1. The largest absolute Gasteiger partial charge is 0.477 e. The molecule has 0 saturated heterocycles. The Morgan fingerprint density at radius 3 is 2.36 bits per heavy atom. The summed E-state index contributed by atoms with van der Waals surface area (Å²) in [5.41, 5.74) is 3.67. The third-order valence-corrected chi connectivity index (χ3v) is 5.98. The number of carbonyl (C=O) groups excluding carboxylic acids is 1. The number of fused-ring (bicyclic) bond motifs is 1. The van der Waals surface area contributed by atoms with Gasteiger partial charge in [0.25, 0.3) is 5.56 Å². The number of nitrogens with zero attached hydrogens (tertiary/aromatic N) is 2. The third kappa shape index (κ3) is 3.31. The molecule has 8 heteroatoms. The zero-order chi connectivity index (χ0) is 20.7. The average molecular weight is 399 g/mol. The fourth-order valence-electron chi connectivity index (χ4n) is 3.35. The van der Waals surface area contributed by atoms with E-state index in [9.17, 15) is 19.5 Å². The van der Waals surface area contributed by atoms with Gasteiger partial charge in [-0.1, -0.05) is 17.7 Å². The van der Waals surface area contributed by atoms with Gasteiger partial charge >= 0.3 is 5.97 Å². The number of nitrogens with one attached hydrogen (secondary N) is 1. The number of rotatable bonds is 4. The van der Waals surface area contributed by atoms with E-state index in [2.05, 4.69) is 10.3 Å². The van der Waals surface area contributed by atoms with Crippen LogP contribution in [0.25, 0.3) is 10.2 Å². The molecule has 3 rings (SSSR count). The Morgan fingerprint density at radius 1 is 1.18 bits per heavy atom. The van der Waals surface area contributed by atoms with E-state index < -0.39 is 17.6 Å². The third-order valence-electron chi connectivity index (χ3n) is 4.79. The van der Waals surface area contributed by atoms with Crippen molar-refractivity contribution in [2.75, 3.05) is 5.32 Å². The first kappa shape index (κ1) is 19.8. The zero-order valence-corrected chi connectivity index (χ0v) is 17.1. The quantitative estimate of drug-likeness (QED) is 0.698. The number of amides is 1. The van der Waals surface area contributed by atoms with Crippen LogP contribution < -0.4 is 10.9 Å². The molecule has 28 heavy (non-hydrogen) atoms. The lowest BCUT2D eigenvalue weighted by molar-refractivity contribution is -0.118. The second-order valence-electron chi connectivity index (χ2n) is 6.94. The molecule has 1 unspecified atom stereocenters. The molecule has 1 atom stereocenters. The van der Waals surface area contributed by atoms with E-state index in [1.165, 1.54) is 10.9 Å². The van der Waals surface area contributed by atoms with Gasteiger partial charge in [0.15, 0.2) is 0 Å². The van der Waals surface area contributed by atoms with Gasteiger partial charge in [-0.2, -0.15) is 0 Å². The molecule has 0 aliphatic rings. The Hall–Kier alpha value is -3.00. The maximum atomic E-state index is 12.9. The van der Waals surface area contributed by atoms with Crippen molar-refractivity contribution in [1.29, 1.82) is 0 Å². The topological polar surface area (TPSA) is 101 Å². The second kappa shape index (κ2) is 7.20. The van der Waals surface area contributed by atoms with Gasteiger partial charge in [0, 0.05) is 5.69 Å². The lowest BCUT2D eigenvalue weighted by Gasteiger charge is -2.18. The summed E-state index contributed by atoms with van der Waals surface area (Å²) in [4.78, 5) is 41.7. The van der Waals surface area contributed by atoms with Gasteiger partial charge in [0.05, 0.1) is 11.7 Å². The number of aromatic nitrogens is 2. The van der Waals surface area contributed by atoms with Gasteiger partial charge in [-0.15, -0.1) is 11.3 Å². The number of aryl methyl sites for hydroxylation is 4. The Labute approximate surface area is 165 Å². The second-order valence-corrected chi connectivity index (χ2v) is 7.94. The number of thiophene rings is 1. The van der Waals surface area contributed by atoms with E-state index in [1.807, 2.05) is 32.9 Å². The molecule has 0 radical (unpaired) electrons. The highest BCUT2D eigenvalue weighted by Gasteiger charge is 2.23. The minimum atomic E-state index is -1.09. The van der Waals surface area contributed by atoms with Crippen LogP contribution in [-0.4, -0.2) is 26.5 Å². The monoisotopic (exact) mass is 399 g/mol. The van der Waals surface area contributed by atoms with E-state index in [4.69, 9.17) is 0 Å². The summed E-state index contributed by atoms with van der Waals surface area (Å²) < 4.78 is 1.24. The number of carbonyl (C=O) groups is 2. The molecule has 2 heterocycles. The predicted molar refractivity (Wildman–Crippen MR) is 110 cm³/mol. The van der Waals surface area contributed by atoms with E-state index in [0.29, 0.717) is 10.4 Å². The standard InChI is InChI=1S/C20H21N3O4S/c1-9-6-10(2)15(11(3)7-9)22-17(24)13(5)23-8-21-18-14(19(23)25)12(4)16(28-18)20(26)27/h6-8,13H,1-5H3,(H,22,24)(H,26,27). The smallest absolute Gasteiger partial charge is 0.346 e. The number of aromatic carboxylic acids is 1. The number of hydrogen-bond acceptors (Lipinski definition) is 5. The van der Waals surface area contributed by atoms with Crippen molar-refractivity contribution >= 4 is 39.1 Å². The minimum absolute atomic E-state index is 0.0837. The molecule has 2 N–H and O–H groups in total. The molecular weight excluding hydrogens is 378 g/mol. The summed E-state index contributed by atoms with van der Waals surface area (Å²) in [7, 11) is 0. The van der Waals surface area contributed by atoms with Crippen LogP contribution in [0.5, 0.6) is 0 Å². The normalized spacial score (nSPS) is 12.2. The van der Waals surface area contributed by atoms with Gasteiger partial charge in [-0.3, -0.25) is 14.2 Å². The average Bonchev–Trinajstić information content (AvgIpc) is 2.95. The van der Waals surface area contributed by atoms with Crippen LogP contribution in [0.15, 0.2) is 23.3 Å². The SMILES string of the molecule is Cc1cc(C)c(NC(=O)C(C)n2cnc3sc(C(=O)O)c(C)c3c2=O)c(C)c1. The molecule has 2 aromatic heterocycles. The lowest BCUT2D eigenvalue weighted by Crippen LogP contribution is -2.32. The fraction of sp³-hybridized carbons (Fsp3) is 0.300. The molecule has 0 aliphatic carbocycles. The molecule has 0 fully saturated rings. The molecular formula is C20H21N3O4S. The Balaban J connectivity index is 1.99. The Morgan fingerprint density at radius 2 is 1.79 bits per heavy atom. The van der Waals surface area contributed by atoms with Gasteiger partial charge in [-0.05, 0) is 51.3 Å². The van der Waals surface area contributed by atoms with E-state index in [0.717, 1.165) is 33.7 Å². The van der Waals surface area contributed by atoms with Crippen LogP contribution in [0.2, 0.25) is 0 Å². The van der Waals surface area contributed by atoms with Crippen molar-refractivity contribution in [3.8, 4) is 0 Å². The molecule has 1 amide bonds. The predicted octanol–water partition coefficient (Wildman–Crippen LogP) is 3.59. The van der Waals surface area contributed by atoms with E-state index in [-0.39, 0.29) is 16.2 Å². The summed E-state index contributed by atoms with van der Waals surface area (Å²) in [6.45, 7) is 9.02. The summed E-state index contributed by atoms with van der Waals surface area (Å²) in [5, 5.41) is 12.4. The number of anilines is 1. The Kier molecular flexibility index (Phi) is 5.08. The van der Waals surface area contributed by atoms with Gasteiger partial charge in [0.1, 0.15) is 15.7 Å². The van der Waals surface area contributed by atoms with Gasteiger partial charge < -0.3 is 10.4 Å². The van der Waals surface area contributed by atoms with Crippen molar-refractivity contribution in [3.05, 3.63) is 55.9 Å². The number of carboxylic acid groups (broad SMARTS) is 1. The van der Waals surface area contributed by atoms with Crippen LogP contribution in [0.1, 0.15) is 44.9 Å². The highest BCUT2D eigenvalue weighted by atomic mass is 32.1. The minimum Gasteiger partial charge on any atom is -0.477 e. The zero-order valence-electron chi connectivity index (χ0n) is 16.3. The summed E-state index contributed by atoms with van der Waals surface area (Å²) in [5.74, 6) is -1.44.